The van der Waals surface area contributed by atoms with E-state index in [-0.39, 0.29) is 41.4 Å². The Labute approximate surface area is 197 Å². The molecule has 0 amide bonds. The summed E-state index contributed by atoms with van der Waals surface area (Å²) in [4.78, 5) is 0. The Balaban J connectivity index is 0. The molecule has 4 nitrogen and oxygen atoms in total. The van der Waals surface area contributed by atoms with Crippen LogP contribution in [0.4, 0.5) is 0 Å². The third-order valence-corrected chi connectivity index (χ3v) is 6.11. The third-order valence-electron chi connectivity index (χ3n) is 5.32. The SMILES string of the molecule is CCCCCCCCCCCCCCCCC(O)CCCCCS(=O)(=O)[O-].[Na+]. The summed E-state index contributed by atoms with van der Waals surface area (Å²) < 4.78 is 31.4. The zero-order chi connectivity index (χ0) is 20.2. The van der Waals surface area contributed by atoms with E-state index in [0.29, 0.717) is 12.8 Å². The fourth-order valence-corrected chi connectivity index (χ4v) is 4.11. The minimum Gasteiger partial charge on any atom is -0.748 e. The van der Waals surface area contributed by atoms with E-state index in [0.717, 1.165) is 25.7 Å². The second kappa shape index (κ2) is 22.6. The van der Waals surface area contributed by atoms with Crippen molar-refractivity contribution < 1.29 is 47.6 Å². The first-order valence-corrected chi connectivity index (χ1v) is 13.1. The van der Waals surface area contributed by atoms with Gasteiger partial charge in [-0.1, -0.05) is 110 Å². The monoisotopic (exact) mass is 428 g/mol. The van der Waals surface area contributed by atoms with Gasteiger partial charge in [0.05, 0.1) is 16.2 Å². The van der Waals surface area contributed by atoms with Gasteiger partial charge in [0.2, 0.25) is 0 Å². The maximum absolute atomic E-state index is 10.5. The first-order chi connectivity index (χ1) is 13.0. The van der Waals surface area contributed by atoms with Crippen LogP contribution in [0.15, 0.2) is 0 Å². The summed E-state index contributed by atoms with van der Waals surface area (Å²) in [6, 6.07) is 0. The van der Waals surface area contributed by atoms with Gasteiger partial charge in [0.25, 0.3) is 0 Å². The van der Waals surface area contributed by atoms with Gasteiger partial charge in [0.15, 0.2) is 0 Å². The molecule has 0 aliphatic carbocycles. The number of aliphatic hydroxyl groups excluding tert-OH is 1. The largest absolute Gasteiger partial charge is 1.00 e. The normalized spacial score (nSPS) is 12.7. The third kappa shape index (κ3) is 26.9. The van der Waals surface area contributed by atoms with E-state index in [1.165, 1.54) is 83.5 Å². The Morgan fingerprint density at radius 2 is 0.964 bits per heavy atom. The zero-order valence-corrected chi connectivity index (χ0v) is 21.6. The van der Waals surface area contributed by atoms with Crippen LogP contribution in [-0.4, -0.2) is 29.9 Å². The molecule has 1 unspecified atom stereocenters. The summed E-state index contributed by atoms with van der Waals surface area (Å²) >= 11 is 0. The van der Waals surface area contributed by atoms with Crippen LogP contribution in [0.5, 0.6) is 0 Å². The second-order valence-electron chi connectivity index (χ2n) is 8.15. The second-order valence-corrected chi connectivity index (χ2v) is 9.67. The molecule has 0 spiro atoms. The molecule has 1 atom stereocenters. The van der Waals surface area contributed by atoms with Crippen LogP contribution in [0.3, 0.4) is 0 Å². The van der Waals surface area contributed by atoms with Gasteiger partial charge >= 0.3 is 29.6 Å². The quantitative estimate of drug-likeness (QED) is 0.173. The predicted molar refractivity (Wildman–Crippen MR) is 114 cm³/mol. The molecular weight excluding hydrogens is 383 g/mol. The molecule has 0 aromatic carbocycles. The Morgan fingerprint density at radius 1 is 0.643 bits per heavy atom. The fraction of sp³-hybridized carbons (Fsp3) is 1.00. The number of rotatable bonds is 21. The number of hydrogen-bond acceptors (Lipinski definition) is 4. The van der Waals surface area contributed by atoms with Gasteiger partial charge in [0.1, 0.15) is 0 Å². The molecule has 0 fully saturated rings. The number of hydrogen-bond donors (Lipinski definition) is 1. The van der Waals surface area contributed by atoms with Crippen LogP contribution < -0.4 is 29.6 Å². The molecule has 0 rings (SSSR count). The molecule has 0 bridgehead atoms. The van der Waals surface area contributed by atoms with Crippen molar-refractivity contribution in [2.24, 2.45) is 0 Å². The Bertz CT molecular complexity index is 401. The van der Waals surface area contributed by atoms with Gasteiger partial charge in [-0.05, 0) is 19.3 Å². The van der Waals surface area contributed by atoms with Crippen LogP contribution in [-0.2, 0) is 10.1 Å². The van der Waals surface area contributed by atoms with E-state index in [9.17, 15) is 18.1 Å². The Morgan fingerprint density at radius 3 is 1.32 bits per heavy atom. The van der Waals surface area contributed by atoms with Gasteiger partial charge in [-0.2, -0.15) is 0 Å². The maximum Gasteiger partial charge on any atom is 1.00 e. The summed E-state index contributed by atoms with van der Waals surface area (Å²) in [7, 11) is -4.07. The van der Waals surface area contributed by atoms with Crippen LogP contribution in [0, 0.1) is 0 Å². The molecule has 6 heteroatoms. The van der Waals surface area contributed by atoms with Crippen molar-refractivity contribution in [1.82, 2.24) is 0 Å². The molecule has 0 saturated heterocycles. The summed E-state index contributed by atoms with van der Waals surface area (Å²) in [5, 5.41) is 9.92. The molecule has 0 aliphatic heterocycles. The summed E-state index contributed by atoms with van der Waals surface area (Å²) in [6.07, 6.45) is 22.0. The van der Waals surface area contributed by atoms with Gasteiger partial charge in [-0.25, -0.2) is 8.42 Å². The Hall–Kier alpha value is 0.870. The molecule has 0 radical (unpaired) electrons. The first-order valence-electron chi connectivity index (χ1n) is 11.6. The molecule has 0 aromatic rings. The van der Waals surface area contributed by atoms with E-state index < -0.39 is 10.1 Å². The van der Waals surface area contributed by atoms with Gasteiger partial charge in [-0.15, -0.1) is 0 Å². The predicted octanol–water partition coefficient (Wildman–Crippen LogP) is 3.33. The van der Waals surface area contributed by atoms with Crippen molar-refractivity contribution in [2.45, 2.75) is 135 Å². The number of unbranched alkanes of at least 4 members (excludes halogenated alkanes) is 15. The van der Waals surface area contributed by atoms with Gasteiger partial charge in [0, 0.05) is 5.75 Å². The van der Waals surface area contributed by atoms with E-state index >= 15 is 0 Å². The van der Waals surface area contributed by atoms with Crippen molar-refractivity contribution >= 4 is 10.1 Å². The zero-order valence-electron chi connectivity index (χ0n) is 18.8. The fourth-order valence-electron chi connectivity index (χ4n) is 3.55. The van der Waals surface area contributed by atoms with E-state index in [4.69, 9.17) is 0 Å². The van der Waals surface area contributed by atoms with Crippen LogP contribution in [0.2, 0.25) is 0 Å². The topological polar surface area (TPSA) is 77.4 Å². The van der Waals surface area contributed by atoms with Crippen molar-refractivity contribution in [1.29, 1.82) is 0 Å². The van der Waals surface area contributed by atoms with Gasteiger partial charge < -0.3 is 9.66 Å². The minimum atomic E-state index is -4.07. The van der Waals surface area contributed by atoms with Crippen molar-refractivity contribution in [3.05, 3.63) is 0 Å². The van der Waals surface area contributed by atoms with Crippen LogP contribution >= 0.6 is 0 Å². The van der Waals surface area contributed by atoms with E-state index in [2.05, 4.69) is 6.92 Å². The maximum atomic E-state index is 10.5. The van der Waals surface area contributed by atoms with Crippen molar-refractivity contribution in [3.63, 3.8) is 0 Å². The summed E-state index contributed by atoms with van der Waals surface area (Å²) in [5.74, 6) is -0.276. The van der Waals surface area contributed by atoms with Gasteiger partial charge in [-0.3, -0.25) is 0 Å². The average Bonchev–Trinajstić information content (AvgIpc) is 2.60. The molecule has 164 valence electrons. The average molecular weight is 429 g/mol. The molecule has 0 aromatic heterocycles. The summed E-state index contributed by atoms with van der Waals surface area (Å²) in [5.41, 5.74) is 0. The first kappa shape index (κ1) is 31.1. The Kier molecular flexibility index (Phi) is 25.0. The minimum absolute atomic E-state index is 0. The molecule has 0 aliphatic rings. The molecular formula is C22H45NaO4S. The van der Waals surface area contributed by atoms with Crippen molar-refractivity contribution in [3.8, 4) is 0 Å². The molecule has 0 heterocycles. The smallest absolute Gasteiger partial charge is 0.748 e. The van der Waals surface area contributed by atoms with Crippen LogP contribution in [0.25, 0.3) is 0 Å². The molecule has 0 saturated carbocycles. The van der Waals surface area contributed by atoms with E-state index in [1.54, 1.807) is 0 Å². The number of aliphatic hydroxyl groups is 1. The summed E-state index contributed by atoms with van der Waals surface area (Å²) in [6.45, 7) is 2.26. The van der Waals surface area contributed by atoms with E-state index in [1.807, 2.05) is 0 Å². The van der Waals surface area contributed by atoms with Crippen molar-refractivity contribution in [2.75, 3.05) is 5.75 Å². The standard InChI is InChI=1S/C22H46O4S.Na/c1-2-3-4-5-6-7-8-9-10-11-12-13-14-16-19-22(23)20-17-15-18-21-27(24,25)26;/h22-23H,2-21H2,1H3,(H,24,25,26);/q;+1/p-1. The molecule has 1 N–H and O–H groups in total. The molecule has 28 heavy (non-hydrogen) atoms. The van der Waals surface area contributed by atoms with Crippen LogP contribution in [0.1, 0.15) is 129 Å².